The van der Waals surface area contributed by atoms with Gasteiger partial charge < -0.3 is 14.4 Å². The average molecular weight is 509 g/mol. The molecule has 2 N–H and O–H groups in total. The largest absolute Gasteiger partial charge is 0.491 e. The van der Waals surface area contributed by atoms with Crippen molar-refractivity contribution in [3.63, 3.8) is 0 Å². The van der Waals surface area contributed by atoms with Gasteiger partial charge in [-0.15, -0.1) is 0 Å². The fourth-order valence-corrected chi connectivity index (χ4v) is 4.83. The Morgan fingerprint density at radius 3 is 2.50 bits per heavy atom. The topological polar surface area (TPSA) is 102 Å². The van der Waals surface area contributed by atoms with Crippen molar-refractivity contribution in [2.45, 2.75) is 69.7 Å². The number of H-pyrrole nitrogens is 1. The second kappa shape index (κ2) is 13.0. The summed E-state index contributed by atoms with van der Waals surface area (Å²) < 4.78 is 8.67. The SMILES string of the molecule is CCCCCCCCCSc1nc2c(c(=O)[nH]c(=O)n2C)n1C[C@@H](O)COc1ccc(Cl)cc1. The van der Waals surface area contributed by atoms with Gasteiger partial charge >= 0.3 is 5.69 Å². The normalized spacial score (nSPS) is 12.4. The third-order valence-corrected chi connectivity index (χ3v) is 6.92. The third-order valence-electron chi connectivity index (χ3n) is 5.60. The molecule has 0 bridgehead atoms. The van der Waals surface area contributed by atoms with Gasteiger partial charge in [0.15, 0.2) is 16.3 Å². The molecule has 186 valence electrons. The van der Waals surface area contributed by atoms with E-state index in [-0.39, 0.29) is 18.7 Å². The van der Waals surface area contributed by atoms with E-state index < -0.39 is 17.4 Å². The van der Waals surface area contributed by atoms with E-state index in [4.69, 9.17) is 16.3 Å². The highest BCUT2D eigenvalue weighted by atomic mass is 35.5. The number of imidazole rings is 1. The Morgan fingerprint density at radius 2 is 1.79 bits per heavy atom. The summed E-state index contributed by atoms with van der Waals surface area (Å²) in [6.07, 6.45) is 7.58. The number of aliphatic hydroxyl groups excluding tert-OH is 1. The summed E-state index contributed by atoms with van der Waals surface area (Å²) >= 11 is 7.44. The van der Waals surface area contributed by atoms with E-state index in [1.807, 2.05) is 0 Å². The van der Waals surface area contributed by atoms with Gasteiger partial charge in [-0.2, -0.15) is 0 Å². The highest BCUT2D eigenvalue weighted by Gasteiger charge is 2.20. The molecule has 2 heterocycles. The van der Waals surface area contributed by atoms with Crippen molar-refractivity contribution in [2.75, 3.05) is 12.4 Å². The van der Waals surface area contributed by atoms with Crippen molar-refractivity contribution in [2.24, 2.45) is 7.05 Å². The number of nitrogens with zero attached hydrogens (tertiary/aromatic N) is 3. The molecule has 2 aromatic heterocycles. The molecule has 10 heteroatoms. The summed E-state index contributed by atoms with van der Waals surface area (Å²) in [5, 5.41) is 11.9. The number of aromatic nitrogens is 4. The number of hydrogen-bond donors (Lipinski definition) is 2. The Morgan fingerprint density at radius 1 is 1.12 bits per heavy atom. The van der Waals surface area contributed by atoms with Crippen LogP contribution < -0.4 is 16.0 Å². The lowest BCUT2D eigenvalue weighted by molar-refractivity contribution is 0.0914. The minimum absolute atomic E-state index is 0.0346. The van der Waals surface area contributed by atoms with Gasteiger partial charge in [-0.1, -0.05) is 68.8 Å². The van der Waals surface area contributed by atoms with E-state index in [1.165, 1.54) is 48.4 Å². The Kier molecular flexibility index (Phi) is 10.1. The van der Waals surface area contributed by atoms with Crippen LogP contribution in [-0.4, -0.2) is 42.7 Å². The Balaban J connectivity index is 1.69. The first-order valence-electron chi connectivity index (χ1n) is 11.8. The minimum atomic E-state index is -0.886. The number of nitrogens with one attached hydrogen (secondary N) is 1. The van der Waals surface area contributed by atoms with Gasteiger partial charge in [-0.3, -0.25) is 14.3 Å². The number of hydrogen-bond acceptors (Lipinski definition) is 6. The van der Waals surface area contributed by atoms with Crippen molar-refractivity contribution in [1.29, 1.82) is 0 Å². The van der Waals surface area contributed by atoms with Crippen LogP contribution in [0.4, 0.5) is 0 Å². The first-order valence-corrected chi connectivity index (χ1v) is 13.2. The number of aryl methyl sites for hydroxylation is 1. The molecule has 0 saturated heterocycles. The van der Waals surface area contributed by atoms with E-state index in [1.54, 1.807) is 35.9 Å². The minimum Gasteiger partial charge on any atom is -0.491 e. The predicted molar refractivity (Wildman–Crippen MR) is 137 cm³/mol. The Labute approximate surface area is 208 Å². The summed E-state index contributed by atoms with van der Waals surface area (Å²) in [6.45, 7) is 2.36. The fraction of sp³-hybridized carbons (Fsp3) is 0.542. The zero-order valence-electron chi connectivity index (χ0n) is 19.8. The van der Waals surface area contributed by atoms with Gasteiger partial charge in [-0.25, -0.2) is 9.78 Å². The molecule has 1 atom stereocenters. The molecule has 0 unspecified atom stereocenters. The molecular formula is C24H33ClN4O4S. The molecule has 0 radical (unpaired) electrons. The quantitative estimate of drug-likeness (QED) is 0.248. The lowest BCUT2D eigenvalue weighted by Gasteiger charge is -2.15. The van der Waals surface area contributed by atoms with Crippen LogP contribution in [0.3, 0.4) is 0 Å². The molecular weight excluding hydrogens is 476 g/mol. The number of aliphatic hydroxyl groups is 1. The number of ether oxygens (including phenoxy) is 1. The van der Waals surface area contributed by atoms with Gasteiger partial charge in [0.05, 0.1) is 6.54 Å². The van der Waals surface area contributed by atoms with E-state index in [0.29, 0.717) is 21.6 Å². The predicted octanol–water partition coefficient (Wildman–Crippen LogP) is 4.36. The zero-order chi connectivity index (χ0) is 24.5. The van der Waals surface area contributed by atoms with Gasteiger partial charge in [0.1, 0.15) is 18.5 Å². The van der Waals surface area contributed by atoms with Gasteiger partial charge in [0.25, 0.3) is 5.56 Å². The first-order chi connectivity index (χ1) is 16.4. The molecule has 0 spiro atoms. The summed E-state index contributed by atoms with van der Waals surface area (Å²) in [5.41, 5.74) is -0.451. The molecule has 0 aliphatic rings. The van der Waals surface area contributed by atoms with Crippen LogP contribution in [0.25, 0.3) is 11.2 Å². The fourth-order valence-electron chi connectivity index (χ4n) is 3.70. The number of halogens is 1. The first kappa shape index (κ1) is 26.4. The maximum absolute atomic E-state index is 12.6. The van der Waals surface area contributed by atoms with Crippen LogP contribution in [0.2, 0.25) is 5.02 Å². The molecule has 3 rings (SSSR count). The van der Waals surface area contributed by atoms with Crippen LogP contribution in [0.15, 0.2) is 39.0 Å². The van der Waals surface area contributed by atoms with E-state index in [0.717, 1.165) is 18.6 Å². The van der Waals surface area contributed by atoms with E-state index in [2.05, 4.69) is 16.9 Å². The molecule has 0 amide bonds. The van der Waals surface area contributed by atoms with Crippen LogP contribution in [0.1, 0.15) is 51.9 Å². The number of thioether (sulfide) groups is 1. The second-order valence-electron chi connectivity index (χ2n) is 8.38. The molecule has 1 aromatic carbocycles. The summed E-state index contributed by atoms with van der Waals surface area (Å²) in [4.78, 5) is 31.6. The van der Waals surface area contributed by atoms with E-state index >= 15 is 0 Å². The lowest BCUT2D eigenvalue weighted by Crippen LogP contribution is -2.30. The highest BCUT2D eigenvalue weighted by Crippen LogP contribution is 2.24. The van der Waals surface area contributed by atoms with Crippen molar-refractivity contribution in [3.8, 4) is 5.75 Å². The number of rotatable bonds is 14. The number of fused-ring (bicyclic) bond motifs is 1. The number of unbranched alkanes of at least 4 members (excludes halogenated alkanes) is 6. The van der Waals surface area contributed by atoms with Crippen molar-refractivity contribution >= 4 is 34.5 Å². The standard InChI is InChI=1S/C24H33ClN4O4S/c1-3-4-5-6-7-8-9-14-34-24-26-21-20(22(31)27-23(32)28(21)2)29(24)15-18(30)16-33-19-12-10-17(25)11-13-19/h10-13,18,30H,3-9,14-16H2,1-2H3,(H,27,31,32)/t18-/m1/s1. The molecule has 0 aliphatic carbocycles. The third kappa shape index (κ3) is 7.13. The smallest absolute Gasteiger partial charge is 0.329 e. The zero-order valence-corrected chi connectivity index (χ0v) is 21.3. The molecule has 3 aromatic rings. The maximum atomic E-state index is 12.6. The number of aromatic amines is 1. The summed E-state index contributed by atoms with van der Waals surface area (Å²) in [6, 6.07) is 6.88. The Bertz CT molecular complexity index is 1170. The van der Waals surface area contributed by atoms with Crippen molar-refractivity contribution in [1.82, 2.24) is 19.1 Å². The molecule has 0 aliphatic heterocycles. The van der Waals surface area contributed by atoms with E-state index in [9.17, 15) is 14.7 Å². The Hall–Kier alpha value is -2.23. The molecule has 8 nitrogen and oxygen atoms in total. The van der Waals surface area contributed by atoms with Gasteiger partial charge in [-0.05, 0) is 30.7 Å². The maximum Gasteiger partial charge on any atom is 0.329 e. The van der Waals surface area contributed by atoms with Crippen molar-refractivity contribution < 1.29 is 9.84 Å². The van der Waals surface area contributed by atoms with Crippen LogP contribution >= 0.6 is 23.4 Å². The second-order valence-corrected chi connectivity index (χ2v) is 9.88. The highest BCUT2D eigenvalue weighted by molar-refractivity contribution is 7.99. The van der Waals surface area contributed by atoms with Crippen LogP contribution in [-0.2, 0) is 13.6 Å². The summed E-state index contributed by atoms with van der Waals surface area (Å²) in [5.74, 6) is 1.44. The van der Waals surface area contributed by atoms with Crippen LogP contribution in [0.5, 0.6) is 5.75 Å². The van der Waals surface area contributed by atoms with Gasteiger partial charge in [0, 0.05) is 17.8 Å². The van der Waals surface area contributed by atoms with Gasteiger partial charge in [0.2, 0.25) is 0 Å². The van der Waals surface area contributed by atoms with Crippen LogP contribution in [0, 0.1) is 0 Å². The average Bonchev–Trinajstić information content (AvgIpc) is 3.17. The molecule has 34 heavy (non-hydrogen) atoms. The summed E-state index contributed by atoms with van der Waals surface area (Å²) in [7, 11) is 1.57. The monoisotopic (exact) mass is 508 g/mol. The number of benzene rings is 1. The molecule has 0 fully saturated rings. The lowest BCUT2D eigenvalue weighted by atomic mass is 10.1. The van der Waals surface area contributed by atoms with Crippen molar-refractivity contribution in [3.05, 3.63) is 50.1 Å². The molecule has 0 saturated carbocycles.